The third-order valence-corrected chi connectivity index (χ3v) is 6.84. The van der Waals surface area contributed by atoms with Crippen molar-refractivity contribution in [2.45, 2.75) is 38.0 Å². The van der Waals surface area contributed by atoms with Crippen LogP contribution in [0.15, 0.2) is 49.1 Å². The van der Waals surface area contributed by atoms with Gasteiger partial charge in [-0.2, -0.15) is 0 Å². The Morgan fingerprint density at radius 2 is 1.92 bits per heavy atom. The van der Waals surface area contributed by atoms with Crippen LogP contribution in [0.3, 0.4) is 0 Å². The van der Waals surface area contributed by atoms with Gasteiger partial charge in [0.2, 0.25) is 0 Å². The smallest absolute Gasteiger partial charge is 0.167 e. The van der Waals surface area contributed by atoms with E-state index in [0.29, 0.717) is 30.8 Å². The van der Waals surface area contributed by atoms with Crippen LogP contribution in [0.4, 0.5) is 10.2 Å². The Balaban J connectivity index is 1.16. The number of nitrogens with two attached hydrogens (primary N) is 1. The van der Waals surface area contributed by atoms with Crippen LogP contribution in [0.1, 0.15) is 11.8 Å². The summed E-state index contributed by atoms with van der Waals surface area (Å²) in [7, 11) is 0. The van der Waals surface area contributed by atoms with Gasteiger partial charge in [0.25, 0.3) is 0 Å². The first-order chi connectivity index (χ1) is 17.4. The summed E-state index contributed by atoms with van der Waals surface area (Å²) in [5.41, 5.74) is 9.68. The maximum atomic E-state index is 14.1. The molecule has 186 valence electrons. The van der Waals surface area contributed by atoms with Gasteiger partial charge in [-0.1, -0.05) is 11.6 Å². The number of aliphatic hydroxyl groups is 2. The van der Waals surface area contributed by atoms with E-state index in [4.69, 9.17) is 10.5 Å². The minimum atomic E-state index is -1.17. The molecule has 5 aromatic rings. The Labute approximate surface area is 205 Å². The number of ether oxygens (including phenoxy) is 1. The molecule has 1 aliphatic heterocycles. The normalized spacial score (nSPS) is 22.3. The maximum absolute atomic E-state index is 14.1. The van der Waals surface area contributed by atoms with Gasteiger partial charge in [-0.3, -0.25) is 4.57 Å². The van der Waals surface area contributed by atoms with Crippen LogP contribution < -0.4 is 11.1 Å². The molecular weight excluding hydrogens is 465 g/mol. The maximum Gasteiger partial charge on any atom is 0.167 e. The molecule has 0 spiro atoms. The Kier molecular flexibility index (Phi) is 5.56. The van der Waals surface area contributed by atoms with Gasteiger partial charge in [0.05, 0.1) is 11.8 Å². The lowest BCUT2D eigenvalue weighted by atomic mass is 10.1. The number of aryl methyl sites for hydroxylation is 1. The first-order valence-corrected chi connectivity index (χ1v) is 11.8. The van der Waals surface area contributed by atoms with Gasteiger partial charge < -0.3 is 30.6 Å². The lowest BCUT2D eigenvalue weighted by Crippen LogP contribution is -2.38. The molecule has 1 fully saturated rings. The van der Waals surface area contributed by atoms with Crippen LogP contribution >= 0.6 is 0 Å². The number of benzene rings is 2. The summed E-state index contributed by atoms with van der Waals surface area (Å²) in [6.07, 6.45) is -1.02. The Morgan fingerprint density at radius 3 is 2.78 bits per heavy atom. The molecule has 4 heterocycles. The molecule has 1 aliphatic rings. The third-order valence-electron chi connectivity index (χ3n) is 6.84. The minimum absolute atomic E-state index is 0.227. The van der Waals surface area contributed by atoms with Crippen LogP contribution in [0.5, 0.6) is 0 Å². The highest BCUT2D eigenvalue weighted by Gasteiger charge is 2.44. The number of nitrogens with zero attached hydrogens (tertiary/aromatic N) is 5. The largest absolute Gasteiger partial charge is 0.387 e. The highest BCUT2D eigenvalue weighted by molar-refractivity contribution is 6.08. The molecule has 2 aromatic carbocycles. The summed E-state index contributed by atoms with van der Waals surface area (Å²) in [5, 5.41) is 26.7. The molecule has 3 aromatic heterocycles. The van der Waals surface area contributed by atoms with E-state index in [2.05, 4.69) is 37.0 Å². The van der Waals surface area contributed by atoms with Crippen molar-refractivity contribution in [2.75, 3.05) is 18.8 Å². The molecule has 5 N–H and O–H groups in total. The molecule has 0 radical (unpaired) electrons. The van der Waals surface area contributed by atoms with Gasteiger partial charge in [0.15, 0.2) is 17.7 Å². The second-order valence-electron chi connectivity index (χ2n) is 9.17. The second kappa shape index (κ2) is 8.79. The van der Waals surface area contributed by atoms with Gasteiger partial charge in [-0.05, 0) is 37.3 Å². The Morgan fingerprint density at radius 1 is 1.06 bits per heavy atom. The van der Waals surface area contributed by atoms with E-state index in [1.807, 2.05) is 19.1 Å². The number of rotatable bonds is 6. The van der Waals surface area contributed by atoms with Crippen LogP contribution in [0.2, 0.25) is 0 Å². The van der Waals surface area contributed by atoms with Crippen molar-refractivity contribution in [3.63, 3.8) is 0 Å². The van der Waals surface area contributed by atoms with Crippen LogP contribution in [-0.4, -0.2) is 65.7 Å². The molecule has 10 nitrogen and oxygen atoms in total. The second-order valence-corrected chi connectivity index (χ2v) is 9.17. The van der Waals surface area contributed by atoms with Crippen molar-refractivity contribution in [1.82, 2.24) is 29.4 Å². The summed E-state index contributed by atoms with van der Waals surface area (Å²) in [6.45, 7) is 3.48. The molecule has 0 saturated carbocycles. The predicted octanol–water partition coefficient (Wildman–Crippen LogP) is 1.87. The highest BCUT2D eigenvalue weighted by Crippen LogP contribution is 2.32. The van der Waals surface area contributed by atoms with Gasteiger partial charge in [0.1, 0.15) is 36.0 Å². The summed E-state index contributed by atoms with van der Waals surface area (Å²) in [4.78, 5) is 12.3. The van der Waals surface area contributed by atoms with E-state index in [0.717, 1.165) is 27.4 Å². The number of hydrogen-bond acceptors (Lipinski definition) is 8. The Hall–Kier alpha value is -3.64. The topological polar surface area (TPSA) is 136 Å². The van der Waals surface area contributed by atoms with Crippen LogP contribution in [-0.2, 0) is 11.3 Å². The molecule has 1 saturated heterocycles. The van der Waals surface area contributed by atoms with E-state index in [1.165, 1.54) is 18.7 Å². The average molecular weight is 492 g/mol. The van der Waals surface area contributed by atoms with Crippen molar-refractivity contribution >= 4 is 38.8 Å². The van der Waals surface area contributed by atoms with Crippen molar-refractivity contribution < 1.29 is 19.3 Å². The molecule has 0 amide bonds. The number of fused-ring (bicyclic) bond motifs is 4. The van der Waals surface area contributed by atoms with Crippen LogP contribution in [0, 0.1) is 12.7 Å². The van der Waals surface area contributed by atoms with Gasteiger partial charge >= 0.3 is 0 Å². The summed E-state index contributed by atoms with van der Waals surface area (Å²) >= 11 is 0. The monoisotopic (exact) mass is 491 g/mol. The number of imidazole rings is 1. The highest BCUT2D eigenvalue weighted by atomic mass is 19.1. The number of aliphatic hydroxyl groups excluding tert-OH is 2. The number of hydrogen-bond donors (Lipinski definition) is 4. The third kappa shape index (κ3) is 3.68. The van der Waals surface area contributed by atoms with Crippen LogP contribution in [0.25, 0.3) is 33.0 Å². The van der Waals surface area contributed by atoms with E-state index in [9.17, 15) is 14.6 Å². The minimum Gasteiger partial charge on any atom is -0.387 e. The number of aromatic nitrogens is 5. The molecule has 11 heteroatoms. The van der Waals surface area contributed by atoms with Gasteiger partial charge in [0, 0.05) is 35.9 Å². The fraction of sp³-hybridized carbons (Fsp3) is 0.320. The standard InChI is InChI=1S/C25H26FN7O3/c1-13-2-5-17-16(8-13)15-4-3-14(26)9-18(15)32(17)7-6-28-10-19-21(34)22(35)25(36-19)33-12-31-20-23(27)29-11-30-24(20)33/h2-5,8-9,11-12,19,21-22,25,28,34-35H,6-7,10H2,1H3,(H2,27,29,30). The molecule has 4 atom stereocenters. The SMILES string of the molecule is Cc1ccc2c(c1)c1ccc(F)cc1n2CCNCC1OC(n2cnc3c(N)ncnc32)C(O)C1O. The van der Waals surface area contributed by atoms with Gasteiger partial charge in [-0.25, -0.2) is 19.3 Å². The van der Waals surface area contributed by atoms with Crippen molar-refractivity contribution in [3.05, 3.63) is 60.4 Å². The van der Waals surface area contributed by atoms with E-state index >= 15 is 0 Å². The number of nitrogen functional groups attached to an aromatic ring is 1. The molecular formula is C25H26FN7O3. The molecule has 0 bridgehead atoms. The lowest BCUT2D eigenvalue weighted by molar-refractivity contribution is -0.0341. The molecule has 0 aliphatic carbocycles. The number of anilines is 1. The predicted molar refractivity (Wildman–Crippen MR) is 133 cm³/mol. The zero-order valence-electron chi connectivity index (χ0n) is 19.5. The fourth-order valence-corrected chi connectivity index (χ4v) is 5.05. The van der Waals surface area contributed by atoms with Crippen molar-refractivity contribution in [3.8, 4) is 0 Å². The quantitative estimate of drug-likeness (QED) is 0.264. The summed E-state index contributed by atoms with van der Waals surface area (Å²) in [6, 6.07) is 11.1. The molecule has 4 unspecified atom stereocenters. The van der Waals surface area contributed by atoms with E-state index < -0.39 is 24.5 Å². The first-order valence-electron chi connectivity index (χ1n) is 11.8. The number of nitrogens with one attached hydrogen (secondary N) is 1. The van der Waals surface area contributed by atoms with E-state index in [1.54, 1.807) is 10.6 Å². The molecule has 36 heavy (non-hydrogen) atoms. The Bertz CT molecular complexity index is 1580. The van der Waals surface area contributed by atoms with Gasteiger partial charge in [-0.15, -0.1) is 0 Å². The zero-order valence-corrected chi connectivity index (χ0v) is 19.5. The fourth-order valence-electron chi connectivity index (χ4n) is 5.05. The van der Waals surface area contributed by atoms with Crippen molar-refractivity contribution in [1.29, 1.82) is 0 Å². The molecule has 6 rings (SSSR count). The van der Waals surface area contributed by atoms with E-state index in [-0.39, 0.29) is 11.6 Å². The lowest BCUT2D eigenvalue weighted by Gasteiger charge is -2.16. The first kappa shape index (κ1) is 22.8. The van der Waals surface area contributed by atoms with Crippen molar-refractivity contribution in [2.24, 2.45) is 0 Å². The summed E-state index contributed by atoms with van der Waals surface area (Å²) in [5.74, 6) is -0.0529. The number of halogens is 1. The average Bonchev–Trinajstić information content (AvgIpc) is 3.50. The summed E-state index contributed by atoms with van der Waals surface area (Å²) < 4.78 is 23.7. The zero-order chi connectivity index (χ0) is 25.0.